The summed E-state index contributed by atoms with van der Waals surface area (Å²) in [6.45, 7) is 3.95. The molecule has 0 fully saturated rings. The van der Waals surface area contributed by atoms with Crippen molar-refractivity contribution in [2.45, 2.75) is 20.3 Å². The molecule has 0 heterocycles. The zero-order valence-electron chi connectivity index (χ0n) is 11.3. The number of aryl methyl sites for hydroxylation is 2. The van der Waals surface area contributed by atoms with Gasteiger partial charge in [0.15, 0.2) is 0 Å². The lowest BCUT2D eigenvalue weighted by Gasteiger charge is -2.12. The fourth-order valence-electron chi connectivity index (χ4n) is 2.05. The Hall–Kier alpha value is -1.68. The molecule has 2 aromatic rings. The largest absolute Gasteiger partial charge is 0.325 e. The molecule has 4 heteroatoms. The molecule has 0 aliphatic heterocycles. The van der Waals surface area contributed by atoms with Gasteiger partial charge in [-0.15, -0.1) is 0 Å². The van der Waals surface area contributed by atoms with Gasteiger partial charge in [-0.05, 0) is 64.7 Å². The molecule has 104 valence electrons. The predicted molar refractivity (Wildman–Crippen MR) is 82.3 cm³/mol. The van der Waals surface area contributed by atoms with Crippen molar-refractivity contribution in [3.05, 3.63) is 63.4 Å². The van der Waals surface area contributed by atoms with Crippen molar-refractivity contribution in [2.75, 3.05) is 5.32 Å². The maximum absolute atomic E-state index is 12.8. The third-order valence-electron chi connectivity index (χ3n) is 2.97. The number of hydrogen-bond donors (Lipinski definition) is 1. The summed E-state index contributed by atoms with van der Waals surface area (Å²) in [5.74, 6) is -0.421. The molecule has 20 heavy (non-hydrogen) atoms. The Balaban J connectivity index is 2.10. The van der Waals surface area contributed by atoms with E-state index in [0.29, 0.717) is 0 Å². The number of nitrogens with one attached hydrogen (secondary N) is 1. The van der Waals surface area contributed by atoms with Gasteiger partial charge in [0.1, 0.15) is 5.82 Å². The van der Waals surface area contributed by atoms with Crippen molar-refractivity contribution in [3.8, 4) is 0 Å². The number of benzene rings is 2. The van der Waals surface area contributed by atoms with Crippen LogP contribution in [0.5, 0.6) is 0 Å². The molecule has 1 amide bonds. The lowest BCUT2D eigenvalue weighted by atomic mass is 10.1. The molecular weight excluding hydrogens is 321 g/mol. The normalized spacial score (nSPS) is 10.4. The van der Waals surface area contributed by atoms with Crippen LogP contribution in [0.25, 0.3) is 0 Å². The van der Waals surface area contributed by atoms with E-state index in [9.17, 15) is 9.18 Å². The van der Waals surface area contributed by atoms with E-state index >= 15 is 0 Å². The fraction of sp³-hybridized carbons (Fsp3) is 0.188. The molecule has 0 saturated carbocycles. The monoisotopic (exact) mass is 335 g/mol. The van der Waals surface area contributed by atoms with E-state index in [-0.39, 0.29) is 18.1 Å². The summed E-state index contributed by atoms with van der Waals surface area (Å²) in [5, 5.41) is 2.89. The zero-order chi connectivity index (χ0) is 14.7. The van der Waals surface area contributed by atoms with Crippen LogP contribution in [0.1, 0.15) is 16.7 Å². The predicted octanol–water partition coefficient (Wildman–Crippen LogP) is 4.39. The summed E-state index contributed by atoms with van der Waals surface area (Å²) >= 11 is 3.46. The summed E-state index contributed by atoms with van der Waals surface area (Å²) in [6.07, 6.45) is 0.222. The van der Waals surface area contributed by atoms with Gasteiger partial charge in [-0.2, -0.15) is 0 Å². The first-order valence-corrected chi connectivity index (χ1v) is 7.06. The molecular formula is C16H15BrFNO. The van der Waals surface area contributed by atoms with Crippen LogP contribution in [0.4, 0.5) is 10.1 Å². The zero-order valence-corrected chi connectivity index (χ0v) is 12.9. The van der Waals surface area contributed by atoms with Crippen LogP contribution in [-0.2, 0) is 11.2 Å². The van der Waals surface area contributed by atoms with Gasteiger partial charge in [0.2, 0.25) is 5.91 Å². The van der Waals surface area contributed by atoms with E-state index in [2.05, 4.69) is 21.2 Å². The van der Waals surface area contributed by atoms with E-state index in [1.165, 1.54) is 12.1 Å². The van der Waals surface area contributed by atoms with Crippen molar-refractivity contribution in [2.24, 2.45) is 0 Å². The fourth-order valence-corrected chi connectivity index (χ4v) is 2.82. The molecule has 2 nitrogen and oxygen atoms in total. The van der Waals surface area contributed by atoms with E-state index in [1.807, 2.05) is 26.0 Å². The number of carbonyl (C=O) groups excluding carboxylic acids is 1. The van der Waals surface area contributed by atoms with Gasteiger partial charge < -0.3 is 5.32 Å². The van der Waals surface area contributed by atoms with Crippen molar-refractivity contribution in [3.63, 3.8) is 0 Å². The molecule has 0 aliphatic carbocycles. The van der Waals surface area contributed by atoms with Gasteiger partial charge in [-0.1, -0.05) is 18.2 Å². The third kappa shape index (κ3) is 3.67. The molecule has 2 aromatic carbocycles. The topological polar surface area (TPSA) is 29.1 Å². The molecule has 0 spiro atoms. The van der Waals surface area contributed by atoms with Gasteiger partial charge in [0, 0.05) is 4.47 Å². The average Bonchev–Trinajstić information content (AvgIpc) is 2.36. The van der Waals surface area contributed by atoms with E-state index in [4.69, 9.17) is 0 Å². The standard InChI is InChI=1S/C16H15BrFNO/c1-10-7-11(2)16(14(17)8-10)19-15(20)9-12-3-5-13(18)6-4-12/h3-8H,9H2,1-2H3,(H,19,20). The SMILES string of the molecule is Cc1cc(C)c(NC(=O)Cc2ccc(F)cc2)c(Br)c1. The third-order valence-corrected chi connectivity index (χ3v) is 3.60. The molecule has 0 bridgehead atoms. The highest BCUT2D eigenvalue weighted by Gasteiger charge is 2.10. The summed E-state index contributed by atoms with van der Waals surface area (Å²) in [4.78, 5) is 12.0. The second kappa shape index (κ2) is 6.18. The minimum Gasteiger partial charge on any atom is -0.325 e. The Bertz CT molecular complexity index is 614. The van der Waals surface area contributed by atoms with E-state index in [0.717, 1.165) is 26.9 Å². The second-order valence-corrected chi connectivity index (χ2v) is 5.64. The van der Waals surface area contributed by atoms with Crippen molar-refractivity contribution in [1.82, 2.24) is 0 Å². The Morgan fingerprint density at radius 3 is 2.45 bits per heavy atom. The van der Waals surface area contributed by atoms with E-state index in [1.54, 1.807) is 12.1 Å². The lowest BCUT2D eigenvalue weighted by Crippen LogP contribution is -2.15. The van der Waals surface area contributed by atoms with Crippen LogP contribution in [0.2, 0.25) is 0 Å². The quantitative estimate of drug-likeness (QED) is 0.885. The summed E-state index contributed by atoms with van der Waals surface area (Å²) in [7, 11) is 0. The Kier molecular flexibility index (Phi) is 4.55. The highest BCUT2D eigenvalue weighted by Crippen LogP contribution is 2.27. The molecule has 0 atom stereocenters. The van der Waals surface area contributed by atoms with Crippen LogP contribution in [0, 0.1) is 19.7 Å². The van der Waals surface area contributed by atoms with Gasteiger partial charge in [0.25, 0.3) is 0 Å². The van der Waals surface area contributed by atoms with Gasteiger partial charge in [0.05, 0.1) is 12.1 Å². The number of hydrogen-bond acceptors (Lipinski definition) is 1. The molecule has 0 unspecified atom stereocenters. The average molecular weight is 336 g/mol. The van der Waals surface area contributed by atoms with Crippen LogP contribution < -0.4 is 5.32 Å². The van der Waals surface area contributed by atoms with Crippen molar-refractivity contribution >= 4 is 27.5 Å². The molecule has 1 N–H and O–H groups in total. The number of halogens is 2. The lowest BCUT2D eigenvalue weighted by molar-refractivity contribution is -0.115. The number of carbonyl (C=O) groups is 1. The number of rotatable bonds is 3. The Morgan fingerprint density at radius 1 is 1.20 bits per heavy atom. The first-order chi connectivity index (χ1) is 9.45. The van der Waals surface area contributed by atoms with Crippen molar-refractivity contribution in [1.29, 1.82) is 0 Å². The van der Waals surface area contributed by atoms with E-state index < -0.39 is 0 Å². The Labute approximate surface area is 126 Å². The smallest absolute Gasteiger partial charge is 0.228 e. The number of amides is 1. The summed E-state index contributed by atoms with van der Waals surface area (Å²) in [5.41, 5.74) is 3.70. The highest BCUT2D eigenvalue weighted by molar-refractivity contribution is 9.10. The first-order valence-electron chi connectivity index (χ1n) is 6.27. The summed E-state index contributed by atoms with van der Waals surface area (Å²) in [6, 6.07) is 9.92. The minimum atomic E-state index is -0.300. The van der Waals surface area contributed by atoms with Crippen LogP contribution >= 0.6 is 15.9 Å². The second-order valence-electron chi connectivity index (χ2n) is 4.79. The molecule has 0 radical (unpaired) electrons. The minimum absolute atomic E-state index is 0.121. The maximum Gasteiger partial charge on any atom is 0.228 e. The van der Waals surface area contributed by atoms with Gasteiger partial charge in [-0.3, -0.25) is 4.79 Å². The molecule has 0 aromatic heterocycles. The number of anilines is 1. The highest BCUT2D eigenvalue weighted by atomic mass is 79.9. The molecule has 0 saturated heterocycles. The van der Waals surface area contributed by atoms with Gasteiger partial charge >= 0.3 is 0 Å². The van der Waals surface area contributed by atoms with Crippen LogP contribution in [-0.4, -0.2) is 5.91 Å². The van der Waals surface area contributed by atoms with Crippen LogP contribution in [0.15, 0.2) is 40.9 Å². The maximum atomic E-state index is 12.8. The summed E-state index contributed by atoms with van der Waals surface area (Å²) < 4.78 is 13.7. The van der Waals surface area contributed by atoms with Crippen molar-refractivity contribution < 1.29 is 9.18 Å². The molecule has 0 aliphatic rings. The first kappa shape index (κ1) is 14.7. The molecule has 2 rings (SSSR count). The van der Waals surface area contributed by atoms with Crippen LogP contribution in [0.3, 0.4) is 0 Å². The van der Waals surface area contributed by atoms with Gasteiger partial charge in [-0.25, -0.2) is 4.39 Å². The Morgan fingerprint density at radius 2 is 1.85 bits per heavy atom.